The fourth-order valence-corrected chi connectivity index (χ4v) is 2.62. The topological polar surface area (TPSA) is 67.9 Å². The summed E-state index contributed by atoms with van der Waals surface area (Å²) in [6.45, 7) is 2.49. The molecule has 1 saturated heterocycles. The van der Waals surface area contributed by atoms with Gasteiger partial charge in [-0.15, -0.1) is 0 Å². The number of hydrogen-bond donors (Lipinski definition) is 0. The molecular weight excluding hydrogens is 297 g/mol. The van der Waals surface area contributed by atoms with Gasteiger partial charge in [0.1, 0.15) is 11.5 Å². The van der Waals surface area contributed by atoms with Crippen LogP contribution in [-0.4, -0.2) is 38.1 Å². The van der Waals surface area contributed by atoms with Gasteiger partial charge in [0.2, 0.25) is 11.7 Å². The van der Waals surface area contributed by atoms with E-state index in [-0.39, 0.29) is 11.7 Å². The maximum Gasteiger partial charge on any atom is 0.232 e. The first-order valence-electron chi connectivity index (χ1n) is 7.35. The lowest BCUT2D eigenvalue weighted by Crippen LogP contribution is -2.44. The van der Waals surface area contributed by atoms with Crippen LogP contribution in [0, 0.1) is 5.82 Å². The average Bonchev–Trinajstić information content (AvgIpc) is 3.02. The molecule has 0 atom stereocenters. The van der Waals surface area contributed by atoms with Crippen molar-refractivity contribution >= 4 is 0 Å². The van der Waals surface area contributed by atoms with Gasteiger partial charge in [-0.3, -0.25) is 9.88 Å². The molecule has 1 fully saturated rings. The minimum absolute atomic E-state index is 0.211. The number of rotatable bonds is 4. The molecule has 0 radical (unpaired) electrons. The van der Waals surface area contributed by atoms with Gasteiger partial charge in [0.15, 0.2) is 0 Å². The minimum Gasteiger partial charge on any atom is -0.339 e. The first kappa shape index (κ1) is 14.0. The Kier molecular flexibility index (Phi) is 3.55. The molecule has 7 heteroatoms. The van der Waals surface area contributed by atoms with Gasteiger partial charge in [-0.1, -0.05) is 17.3 Å². The van der Waals surface area contributed by atoms with Crippen molar-refractivity contribution in [3.05, 3.63) is 60.1 Å². The van der Waals surface area contributed by atoms with Crippen molar-refractivity contribution in [3.8, 4) is 11.5 Å². The van der Waals surface area contributed by atoms with Crippen LogP contribution in [0.3, 0.4) is 0 Å². The van der Waals surface area contributed by atoms with Gasteiger partial charge >= 0.3 is 0 Å². The van der Waals surface area contributed by atoms with Crippen molar-refractivity contribution < 1.29 is 8.91 Å². The zero-order valence-corrected chi connectivity index (χ0v) is 12.3. The smallest absolute Gasteiger partial charge is 0.232 e. The number of likely N-dealkylation sites (tertiary alicyclic amines) is 1. The van der Waals surface area contributed by atoms with Gasteiger partial charge in [-0.2, -0.15) is 4.98 Å². The Labute approximate surface area is 132 Å². The summed E-state index contributed by atoms with van der Waals surface area (Å²) < 4.78 is 18.2. The Balaban J connectivity index is 1.37. The quantitative estimate of drug-likeness (QED) is 0.736. The molecule has 3 heterocycles. The third-order valence-corrected chi connectivity index (χ3v) is 3.86. The van der Waals surface area contributed by atoms with Crippen molar-refractivity contribution in [2.45, 2.75) is 12.5 Å². The molecule has 1 aliphatic rings. The number of benzene rings is 1. The van der Waals surface area contributed by atoms with E-state index in [4.69, 9.17) is 4.52 Å². The van der Waals surface area contributed by atoms with Crippen LogP contribution in [0.4, 0.5) is 4.39 Å². The SMILES string of the molecule is Fc1ccc(CN2CC(c3nc(-c4cnccn4)no3)C2)cc1. The molecule has 0 N–H and O–H groups in total. The van der Waals surface area contributed by atoms with Gasteiger partial charge < -0.3 is 4.52 Å². The van der Waals surface area contributed by atoms with E-state index in [0.29, 0.717) is 17.4 Å². The Morgan fingerprint density at radius 1 is 1.17 bits per heavy atom. The zero-order chi connectivity index (χ0) is 15.6. The summed E-state index contributed by atoms with van der Waals surface area (Å²) >= 11 is 0. The summed E-state index contributed by atoms with van der Waals surface area (Å²) in [7, 11) is 0. The summed E-state index contributed by atoms with van der Waals surface area (Å²) in [5.74, 6) is 1.11. The Hall–Kier alpha value is -2.67. The van der Waals surface area contributed by atoms with Crippen LogP contribution in [0.2, 0.25) is 0 Å². The fraction of sp³-hybridized carbons (Fsp3) is 0.250. The number of nitrogens with zero attached hydrogens (tertiary/aromatic N) is 5. The van der Waals surface area contributed by atoms with E-state index in [2.05, 4.69) is 25.0 Å². The first-order valence-corrected chi connectivity index (χ1v) is 7.35. The molecule has 0 bridgehead atoms. The molecule has 4 rings (SSSR count). The van der Waals surface area contributed by atoms with Crippen LogP contribution in [0.25, 0.3) is 11.5 Å². The van der Waals surface area contributed by atoms with E-state index in [1.165, 1.54) is 12.1 Å². The fourth-order valence-electron chi connectivity index (χ4n) is 2.62. The normalized spacial score (nSPS) is 15.5. The van der Waals surface area contributed by atoms with E-state index < -0.39 is 0 Å². The Morgan fingerprint density at radius 3 is 2.74 bits per heavy atom. The van der Waals surface area contributed by atoms with E-state index in [0.717, 1.165) is 25.2 Å². The number of halogens is 1. The van der Waals surface area contributed by atoms with Gasteiger partial charge in [-0.25, -0.2) is 9.37 Å². The highest BCUT2D eigenvalue weighted by Crippen LogP contribution is 2.28. The molecule has 0 aliphatic carbocycles. The number of aromatic nitrogens is 4. The van der Waals surface area contributed by atoms with Gasteiger partial charge in [0.05, 0.1) is 12.1 Å². The molecule has 1 aliphatic heterocycles. The largest absolute Gasteiger partial charge is 0.339 e. The summed E-state index contributed by atoms with van der Waals surface area (Å²) in [6, 6.07) is 6.58. The average molecular weight is 311 g/mol. The second-order valence-corrected chi connectivity index (χ2v) is 5.56. The lowest BCUT2D eigenvalue weighted by molar-refractivity contribution is 0.117. The Bertz CT molecular complexity index is 784. The van der Waals surface area contributed by atoms with Crippen LogP contribution in [-0.2, 0) is 6.54 Å². The van der Waals surface area contributed by atoms with E-state index in [1.807, 2.05) is 12.1 Å². The molecule has 2 aromatic heterocycles. The molecule has 1 aromatic carbocycles. The first-order chi connectivity index (χ1) is 11.3. The second-order valence-electron chi connectivity index (χ2n) is 5.56. The molecule has 0 amide bonds. The molecule has 0 spiro atoms. The summed E-state index contributed by atoms with van der Waals surface area (Å²) in [4.78, 5) is 14.8. The van der Waals surface area contributed by atoms with Crippen LogP contribution >= 0.6 is 0 Å². The summed E-state index contributed by atoms with van der Waals surface area (Å²) in [5, 5.41) is 3.96. The standard InChI is InChI=1S/C16H14FN5O/c17-13-3-1-11(2-4-13)8-22-9-12(10-22)16-20-15(21-23-16)14-7-18-5-6-19-14/h1-7,12H,8-10H2. The lowest BCUT2D eigenvalue weighted by Gasteiger charge is -2.37. The minimum atomic E-state index is -0.211. The molecule has 23 heavy (non-hydrogen) atoms. The maximum absolute atomic E-state index is 12.9. The predicted octanol–water partition coefficient (Wildman–Crippen LogP) is 2.27. The maximum atomic E-state index is 12.9. The number of hydrogen-bond acceptors (Lipinski definition) is 6. The Morgan fingerprint density at radius 2 is 2.00 bits per heavy atom. The van der Waals surface area contributed by atoms with Crippen LogP contribution in [0.15, 0.2) is 47.4 Å². The van der Waals surface area contributed by atoms with Crippen molar-refractivity contribution in [1.82, 2.24) is 25.0 Å². The zero-order valence-electron chi connectivity index (χ0n) is 12.3. The molecule has 6 nitrogen and oxygen atoms in total. The molecular formula is C16H14FN5O. The molecule has 0 saturated carbocycles. The molecule has 3 aromatic rings. The van der Waals surface area contributed by atoms with Gasteiger partial charge in [0.25, 0.3) is 0 Å². The second kappa shape index (κ2) is 5.85. The van der Waals surface area contributed by atoms with Crippen molar-refractivity contribution in [3.63, 3.8) is 0 Å². The van der Waals surface area contributed by atoms with Crippen molar-refractivity contribution in [2.75, 3.05) is 13.1 Å². The molecule has 116 valence electrons. The predicted molar refractivity (Wildman–Crippen MR) is 79.7 cm³/mol. The highest BCUT2D eigenvalue weighted by Gasteiger charge is 2.32. The third-order valence-electron chi connectivity index (χ3n) is 3.86. The van der Waals surface area contributed by atoms with Gasteiger partial charge in [0, 0.05) is 32.0 Å². The molecule has 0 unspecified atom stereocenters. The van der Waals surface area contributed by atoms with E-state index in [1.54, 1.807) is 18.6 Å². The van der Waals surface area contributed by atoms with Crippen LogP contribution in [0.5, 0.6) is 0 Å². The highest BCUT2D eigenvalue weighted by atomic mass is 19.1. The van der Waals surface area contributed by atoms with Crippen LogP contribution < -0.4 is 0 Å². The van der Waals surface area contributed by atoms with Gasteiger partial charge in [-0.05, 0) is 17.7 Å². The summed E-state index contributed by atoms with van der Waals surface area (Å²) in [6.07, 6.45) is 4.80. The van der Waals surface area contributed by atoms with Crippen molar-refractivity contribution in [2.24, 2.45) is 0 Å². The monoisotopic (exact) mass is 311 g/mol. The summed E-state index contributed by atoms with van der Waals surface area (Å²) in [5.41, 5.74) is 1.70. The lowest BCUT2D eigenvalue weighted by atomic mass is 9.99. The third kappa shape index (κ3) is 2.95. The van der Waals surface area contributed by atoms with Crippen LogP contribution in [0.1, 0.15) is 17.4 Å². The van der Waals surface area contributed by atoms with Crippen molar-refractivity contribution in [1.29, 1.82) is 0 Å². The van der Waals surface area contributed by atoms with E-state index >= 15 is 0 Å². The highest BCUT2D eigenvalue weighted by molar-refractivity contribution is 5.45. The van der Waals surface area contributed by atoms with E-state index in [9.17, 15) is 4.39 Å².